The van der Waals surface area contributed by atoms with Gasteiger partial charge in [-0.1, -0.05) is 6.92 Å². The van der Waals surface area contributed by atoms with Crippen molar-refractivity contribution in [1.29, 1.82) is 0 Å². The summed E-state index contributed by atoms with van der Waals surface area (Å²) >= 11 is 0. The van der Waals surface area contributed by atoms with Crippen molar-refractivity contribution >= 4 is 21.8 Å². The third-order valence-electron chi connectivity index (χ3n) is 3.75. The molecule has 0 saturated carbocycles. The fraction of sp³-hybridized carbons (Fsp3) is 0.538. The van der Waals surface area contributed by atoms with E-state index in [0.29, 0.717) is 18.9 Å². The maximum absolute atomic E-state index is 12.0. The van der Waals surface area contributed by atoms with Crippen molar-refractivity contribution in [2.24, 2.45) is 11.8 Å². The maximum Gasteiger partial charge on any atom is 0.308 e. The van der Waals surface area contributed by atoms with Gasteiger partial charge in [0.05, 0.1) is 5.92 Å². The number of carboxylic acids is 1. The molecule has 2 atom stereocenters. The van der Waals surface area contributed by atoms with Crippen molar-refractivity contribution in [1.82, 2.24) is 9.29 Å². The summed E-state index contributed by atoms with van der Waals surface area (Å²) in [4.78, 5) is 17.3. The van der Waals surface area contributed by atoms with Gasteiger partial charge in [-0.3, -0.25) is 4.79 Å². The maximum atomic E-state index is 12.0. The molecule has 1 N–H and O–H groups in total. The van der Waals surface area contributed by atoms with E-state index in [2.05, 4.69) is 4.98 Å². The SMILES string of the molecule is CC1CN(c2ccc(S(=O)(=O)N(C)C)cn2)CC1C(=O)O. The molecule has 1 aliphatic rings. The van der Waals surface area contributed by atoms with Crippen LogP contribution in [0.25, 0.3) is 0 Å². The molecule has 116 valence electrons. The van der Waals surface area contributed by atoms with Gasteiger partial charge < -0.3 is 10.0 Å². The minimum atomic E-state index is -3.49. The number of aromatic nitrogens is 1. The molecule has 7 nitrogen and oxygen atoms in total. The fourth-order valence-electron chi connectivity index (χ4n) is 2.40. The highest BCUT2D eigenvalue weighted by Crippen LogP contribution is 2.27. The Kier molecular flexibility index (Phi) is 4.20. The van der Waals surface area contributed by atoms with Crippen molar-refractivity contribution in [2.75, 3.05) is 32.1 Å². The molecule has 2 unspecified atom stereocenters. The second-order valence-electron chi connectivity index (χ2n) is 5.47. The van der Waals surface area contributed by atoms with Crippen LogP contribution in [-0.4, -0.2) is 56.0 Å². The number of carbonyl (C=O) groups is 1. The standard InChI is InChI=1S/C13H19N3O4S/c1-9-7-16(8-11(9)13(17)18)12-5-4-10(6-14-12)21(19,20)15(2)3/h4-6,9,11H,7-8H2,1-3H3,(H,17,18). The van der Waals surface area contributed by atoms with E-state index >= 15 is 0 Å². The second-order valence-corrected chi connectivity index (χ2v) is 7.62. The monoisotopic (exact) mass is 313 g/mol. The minimum absolute atomic E-state index is 0.0366. The molecule has 2 rings (SSSR count). The smallest absolute Gasteiger partial charge is 0.308 e. The summed E-state index contributed by atoms with van der Waals surface area (Å²) in [7, 11) is -0.572. The zero-order chi connectivity index (χ0) is 15.8. The number of pyridine rings is 1. The Balaban J connectivity index is 2.20. The lowest BCUT2D eigenvalue weighted by Gasteiger charge is -2.17. The van der Waals surface area contributed by atoms with E-state index in [1.165, 1.54) is 26.4 Å². The summed E-state index contributed by atoms with van der Waals surface area (Å²) in [6.45, 7) is 2.89. The van der Waals surface area contributed by atoms with Crippen LogP contribution in [0, 0.1) is 11.8 Å². The van der Waals surface area contributed by atoms with E-state index < -0.39 is 21.9 Å². The molecule has 0 radical (unpaired) electrons. The molecule has 21 heavy (non-hydrogen) atoms. The van der Waals surface area contributed by atoms with Gasteiger partial charge >= 0.3 is 5.97 Å². The molecule has 1 fully saturated rings. The molecule has 1 aromatic rings. The van der Waals surface area contributed by atoms with Crippen molar-refractivity contribution in [2.45, 2.75) is 11.8 Å². The quantitative estimate of drug-likeness (QED) is 0.870. The molecule has 1 aliphatic heterocycles. The number of rotatable bonds is 4. The molecule has 1 aromatic heterocycles. The molecule has 0 aliphatic carbocycles. The van der Waals surface area contributed by atoms with Crippen molar-refractivity contribution in [3.63, 3.8) is 0 Å². The minimum Gasteiger partial charge on any atom is -0.481 e. The van der Waals surface area contributed by atoms with Gasteiger partial charge in [0.1, 0.15) is 10.7 Å². The number of hydrogen-bond donors (Lipinski definition) is 1. The summed E-state index contributed by atoms with van der Waals surface area (Å²) in [6.07, 6.45) is 1.31. The van der Waals surface area contributed by atoms with E-state index in [0.717, 1.165) is 4.31 Å². The zero-order valence-electron chi connectivity index (χ0n) is 12.2. The van der Waals surface area contributed by atoms with E-state index in [-0.39, 0.29) is 10.8 Å². The predicted octanol–water partition coefficient (Wildman–Crippen LogP) is 0.489. The lowest BCUT2D eigenvalue weighted by atomic mass is 9.99. The number of hydrogen-bond acceptors (Lipinski definition) is 5. The summed E-state index contributed by atoms with van der Waals surface area (Å²) in [5.74, 6) is -0.591. The van der Waals surface area contributed by atoms with Crippen LogP contribution in [-0.2, 0) is 14.8 Å². The van der Waals surface area contributed by atoms with E-state index in [9.17, 15) is 13.2 Å². The Morgan fingerprint density at radius 1 is 1.38 bits per heavy atom. The summed E-state index contributed by atoms with van der Waals surface area (Å²) in [5, 5.41) is 9.13. The van der Waals surface area contributed by atoms with Gasteiger partial charge in [0.15, 0.2) is 0 Å². The zero-order valence-corrected chi connectivity index (χ0v) is 13.0. The van der Waals surface area contributed by atoms with Gasteiger partial charge in [0, 0.05) is 33.4 Å². The number of aliphatic carboxylic acids is 1. The molecule has 2 heterocycles. The normalized spacial score (nSPS) is 22.8. The number of sulfonamides is 1. The first-order chi connectivity index (χ1) is 9.73. The van der Waals surface area contributed by atoms with Gasteiger partial charge in [0.2, 0.25) is 10.0 Å². The van der Waals surface area contributed by atoms with E-state index in [4.69, 9.17) is 5.11 Å². The third-order valence-corrected chi connectivity index (χ3v) is 5.55. The van der Waals surface area contributed by atoms with Crippen LogP contribution in [0.15, 0.2) is 23.2 Å². The molecule has 0 amide bonds. The Hall–Kier alpha value is -1.67. The Bertz CT molecular complexity index is 627. The van der Waals surface area contributed by atoms with E-state index in [1.807, 2.05) is 11.8 Å². The van der Waals surface area contributed by atoms with Gasteiger partial charge in [-0.15, -0.1) is 0 Å². The number of carboxylic acid groups (broad SMARTS) is 1. The van der Waals surface area contributed by atoms with Crippen molar-refractivity contribution in [3.8, 4) is 0 Å². The van der Waals surface area contributed by atoms with E-state index in [1.54, 1.807) is 6.07 Å². The molecular weight excluding hydrogens is 294 g/mol. The number of nitrogens with zero attached hydrogens (tertiary/aromatic N) is 3. The summed E-state index contributed by atoms with van der Waals surface area (Å²) in [6, 6.07) is 3.11. The van der Waals surface area contributed by atoms with Gasteiger partial charge in [-0.05, 0) is 18.1 Å². The third kappa shape index (κ3) is 3.01. The average Bonchev–Trinajstić information content (AvgIpc) is 2.81. The Labute approximate surface area is 124 Å². The van der Waals surface area contributed by atoms with Crippen LogP contribution in [0.4, 0.5) is 5.82 Å². The highest BCUT2D eigenvalue weighted by atomic mass is 32.2. The lowest BCUT2D eigenvalue weighted by Crippen LogP contribution is -2.24. The molecule has 0 aromatic carbocycles. The molecule has 1 saturated heterocycles. The van der Waals surface area contributed by atoms with Crippen LogP contribution in [0.3, 0.4) is 0 Å². The first kappa shape index (κ1) is 15.7. The topological polar surface area (TPSA) is 90.8 Å². The van der Waals surface area contributed by atoms with Gasteiger partial charge in [-0.25, -0.2) is 17.7 Å². The highest BCUT2D eigenvalue weighted by Gasteiger charge is 2.35. The molecule has 0 spiro atoms. The fourth-order valence-corrected chi connectivity index (χ4v) is 3.25. The molecule has 0 bridgehead atoms. The number of anilines is 1. The highest BCUT2D eigenvalue weighted by molar-refractivity contribution is 7.89. The van der Waals surface area contributed by atoms with Crippen LogP contribution < -0.4 is 4.90 Å². The summed E-state index contributed by atoms with van der Waals surface area (Å²) in [5.41, 5.74) is 0. The van der Waals surface area contributed by atoms with Crippen molar-refractivity contribution < 1.29 is 18.3 Å². The van der Waals surface area contributed by atoms with Crippen molar-refractivity contribution in [3.05, 3.63) is 18.3 Å². The second kappa shape index (κ2) is 5.61. The first-order valence-corrected chi connectivity index (χ1v) is 8.04. The molecule has 8 heteroatoms. The van der Waals surface area contributed by atoms with Crippen LogP contribution in [0.1, 0.15) is 6.92 Å². The molecular formula is C13H19N3O4S. The Morgan fingerprint density at radius 2 is 2.05 bits per heavy atom. The Morgan fingerprint density at radius 3 is 2.48 bits per heavy atom. The lowest BCUT2D eigenvalue weighted by molar-refractivity contribution is -0.142. The van der Waals surface area contributed by atoms with Crippen LogP contribution >= 0.6 is 0 Å². The van der Waals surface area contributed by atoms with Crippen LogP contribution in [0.2, 0.25) is 0 Å². The largest absolute Gasteiger partial charge is 0.481 e. The van der Waals surface area contributed by atoms with Crippen LogP contribution in [0.5, 0.6) is 0 Å². The predicted molar refractivity (Wildman–Crippen MR) is 77.6 cm³/mol. The van der Waals surface area contributed by atoms with Gasteiger partial charge in [-0.2, -0.15) is 0 Å². The van der Waals surface area contributed by atoms with Gasteiger partial charge in [0.25, 0.3) is 0 Å². The summed E-state index contributed by atoms with van der Waals surface area (Å²) < 4.78 is 25.0. The average molecular weight is 313 g/mol. The first-order valence-electron chi connectivity index (χ1n) is 6.60.